The van der Waals surface area contributed by atoms with Gasteiger partial charge in [0.2, 0.25) is 0 Å². The Bertz CT molecular complexity index is 991. The number of fused-ring (bicyclic) bond motifs is 1. The molecule has 166 valence electrons. The molecule has 2 aromatic rings. The van der Waals surface area contributed by atoms with E-state index in [9.17, 15) is 13.2 Å². The molecule has 1 unspecified atom stereocenters. The van der Waals surface area contributed by atoms with Gasteiger partial charge in [0.25, 0.3) is 15.9 Å². The van der Waals surface area contributed by atoms with Crippen molar-refractivity contribution in [3.8, 4) is 5.75 Å². The molecule has 0 aliphatic carbocycles. The van der Waals surface area contributed by atoms with Crippen molar-refractivity contribution in [3.63, 3.8) is 0 Å². The predicted molar refractivity (Wildman–Crippen MR) is 120 cm³/mol. The fourth-order valence-corrected chi connectivity index (χ4v) is 5.59. The maximum Gasteiger partial charge on any atom is 0.264 e. The van der Waals surface area contributed by atoms with E-state index in [-0.39, 0.29) is 17.3 Å². The van der Waals surface area contributed by atoms with E-state index in [1.54, 1.807) is 54.6 Å². The van der Waals surface area contributed by atoms with E-state index in [1.165, 1.54) is 23.6 Å². The number of sulfonamides is 1. The van der Waals surface area contributed by atoms with E-state index in [0.29, 0.717) is 18.0 Å². The number of likely N-dealkylation sites (tertiary alicyclic amines) is 1. The summed E-state index contributed by atoms with van der Waals surface area (Å²) in [5.74, 6) is 0.100. The third kappa shape index (κ3) is 5.02. The van der Waals surface area contributed by atoms with Crippen LogP contribution in [0.1, 0.15) is 25.7 Å². The number of hydrogen-bond donors (Lipinski definition) is 1. The first-order valence-electron chi connectivity index (χ1n) is 10.9. The normalized spacial score (nSPS) is 19.4. The Morgan fingerprint density at radius 3 is 2.48 bits per heavy atom. The number of nitrogens with one attached hydrogen (secondary N) is 1. The molecule has 1 N–H and O–H groups in total. The molecule has 0 radical (unpaired) electrons. The Kier molecular flexibility index (Phi) is 6.77. The molecule has 2 aromatic carbocycles. The highest BCUT2D eigenvalue weighted by Gasteiger charge is 2.37. The molecule has 0 spiro atoms. The molecule has 2 aliphatic heterocycles. The van der Waals surface area contributed by atoms with E-state index >= 15 is 0 Å². The number of piperidine rings is 1. The van der Waals surface area contributed by atoms with E-state index in [4.69, 9.17) is 4.74 Å². The topological polar surface area (TPSA) is 79.0 Å². The van der Waals surface area contributed by atoms with Crippen LogP contribution in [0.4, 0.5) is 5.69 Å². The highest BCUT2D eigenvalue weighted by molar-refractivity contribution is 7.92. The van der Waals surface area contributed by atoms with Gasteiger partial charge in [0.05, 0.1) is 17.1 Å². The number of hydrogen-bond acceptors (Lipinski definition) is 5. The first kappa shape index (κ1) is 21.6. The molecule has 31 heavy (non-hydrogen) atoms. The second-order valence-corrected chi connectivity index (χ2v) is 9.83. The SMILES string of the molecule is O=C(NCCCN1CCCCC1)C1CN(S(=O)(=O)c2ccccc2)c2ccccc2O1. The predicted octanol–water partition coefficient (Wildman–Crippen LogP) is 2.64. The molecule has 2 aliphatic rings. The van der Waals surface area contributed by atoms with Gasteiger partial charge in [-0.15, -0.1) is 0 Å². The monoisotopic (exact) mass is 443 g/mol. The van der Waals surface area contributed by atoms with Gasteiger partial charge in [0.15, 0.2) is 6.10 Å². The van der Waals surface area contributed by atoms with Gasteiger partial charge in [-0.3, -0.25) is 9.10 Å². The smallest absolute Gasteiger partial charge is 0.264 e. The second kappa shape index (κ2) is 9.70. The molecule has 1 fully saturated rings. The fraction of sp³-hybridized carbons (Fsp3) is 0.435. The van der Waals surface area contributed by atoms with Crippen LogP contribution in [-0.4, -0.2) is 58.1 Å². The summed E-state index contributed by atoms with van der Waals surface area (Å²) >= 11 is 0. The van der Waals surface area contributed by atoms with Crippen LogP contribution in [0.15, 0.2) is 59.5 Å². The van der Waals surface area contributed by atoms with Gasteiger partial charge in [-0.1, -0.05) is 36.8 Å². The minimum absolute atomic E-state index is 0.0633. The first-order chi connectivity index (χ1) is 15.1. The van der Waals surface area contributed by atoms with Crippen LogP contribution in [0.2, 0.25) is 0 Å². The fourth-order valence-electron chi connectivity index (χ4n) is 4.10. The average Bonchev–Trinajstić information content (AvgIpc) is 2.82. The number of ether oxygens (including phenoxy) is 1. The molecule has 4 rings (SSSR count). The van der Waals surface area contributed by atoms with Gasteiger partial charge in [-0.05, 0) is 63.2 Å². The van der Waals surface area contributed by atoms with Crippen LogP contribution < -0.4 is 14.4 Å². The minimum Gasteiger partial charge on any atom is -0.476 e. The zero-order valence-corrected chi connectivity index (χ0v) is 18.4. The highest BCUT2D eigenvalue weighted by atomic mass is 32.2. The third-order valence-electron chi connectivity index (χ3n) is 5.76. The molecule has 0 saturated carbocycles. The maximum atomic E-state index is 13.3. The number of benzene rings is 2. The number of anilines is 1. The van der Waals surface area contributed by atoms with Crippen LogP contribution in [0, 0.1) is 0 Å². The molecule has 1 saturated heterocycles. The van der Waals surface area contributed by atoms with Crippen LogP contribution in [0.3, 0.4) is 0 Å². The molecule has 2 heterocycles. The van der Waals surface area contributed by atoms with Gasteiger partial charge >= 0.3 is 0 Å². The van der Waals surface area contributed by atoms with Crippen molar-refractivity contribution in [3.05, 3.63) is 54.6 Å². The Balaban J connectivity index is 1.43. The zero-order chi connectivity index (χ0) is 21.7. The van der Waals surface area contributed by atoms with E-state index in [0.717, 1.165) is 26.1 Å². The number of carbonyl (C=O) groups is 1. The Morgan fingerprint density at radius 1 is 1.00 bits per heavy atom. The number of amides is 1. The standard InChI is InChI=1S/C23H29N3O4S/c27-23(24-14-9-17-25-15-7-2-8-16-25)22-18-26(20-12-5-6-13-21(20)30-22)31(28,29)19-10-3-1-4-11-19/h1,3-6,10-13,22H,2,7-9,14-18H2,(H,24,27). The summed E-state index contributed by atoms with van der Waals surface area (Å²) in [6, 6.07) is 15.2. The largest absolute Gasteiger partial charge is 0.476 e. The maximum absolute atomic E-state index is 13.3. The molecule has 1 amide bonds. The van der Waals surface area contributed by atoms with Crippen molar-refractivity contribution in [1.29, 1.82) is 0 Å². The van der Waals surface area contributed by atoms with Crippen molar-refractivity contribution in [2.24, 2.45) is 0 Å². The molecule has 8 heteroatoms. The van der Waals surface area contributed by atoms with E-state index in [2.05, 4.69) is 10.2 Å². The summed E-state index contributed by atoms with van der Waals surface area (Å²) in [7, 11) is -3.81. The van der Waals surface area contributed by atoms with Crippen molar-refractivity contribution in [2.75, 3.05) is 37.0 Å². The molecular weight excluding hydrogens is 414 g/mol. The molecular formula is C23H29N3O4S. The van der Waals surface area contributed by atoms with Gasteiger partial charge in [0.1, 0.15) is 5.75 Å². The first-order valence-corrected chi connectivity index (χ1v) is 12.3. The lowest BCUT2D eigenvalue weighted by Crippen LogP contribution is -2.51. The van der Waals surface area contributed by atoms with E-state index < -0.39 is 16.1 Å². The molecule has 7 nitrogen and oxygen atoms in total. The number of carbonyl (C=O) groups excluding carboxylic acids is 1. The summed E-state index contributed by atoms with van der Waals surface area (Å²) in [6.07, 6.45) is 3.75. The summed E-state index contributed by atoms with van der Waals surface area (Å²) in [6.45, 7) is 3.70. The molecule has 1 atom stereocenters. The second-order valence-electron chi connectivity index (χ2n) is 7.97. The number of para-hydroxylation sites is 2. The third-order valence-corrected chi connectivity index (χ3v) is 7.55. The van der Waals surface area contributed by atoms with Crippen molar-refractivity contribution in [1.82, 2.24) is 10.2 Å². The Labute approximate surface area is 184 Å². The number of rotatable bonds is 7. The molecule has 0 aromatic heterocycles. The van der Waals surface area contributed by atoms with Gasteiger partial charge in [-0.2, -0.15) is 0 Å². The van der Waals surface area contributed by atoms with Gasteiger partial charge in [0, 0.05) is 6.54 Å². The van der Waals surface area contributed by atoms with Crippen LogP contribution in [-0.2, 0) is 14.8 Å². The average molecular weight is 444 g/mol. The van der Waals surface area contributed by atoms with E-state index in [1.807, 2.05) is 0 Å². The van der Waals surface area contributed by atoms with Crippen LogP contribution in [0.25, 0.3) is 0 Å². The summed E-state index contributed by atoms with van der Waals surface area (Å²) < 4.78 is 33.7. The Morgan fingerprint density at radius 2 is 1.71 bits per heavy atom. The Hall–Kier alpha value is -2.58. The van der Waals surface area contributed by atoms with Crippen molar-refractivity contribution >= 4 is 21.6 Å². The number of nitrogens with zero attached hydrogens (tertiary/aromatic N) is 2. The van der Waals surface area contributed by atoms with Gasteiger partial charge < -0.3 is 15.0 Å². The summed E-state index contributed by atoms with van der Waals surface area (Å²) in [5.41, 5.74) is 0.445. The quantitative estimate of drug-likeness (QED) is 0.666. The van der Waals surface area contributed by atoms with Crippen LogP contribution in [0.5, 0.6) is 5.75 Å². The summed E-state index contributed by atoms with van der Waals surface area (Å²) in [4.78, 5) is 15.4. The zero-order valence-electron chi connectivity index (χ0n) is 17.6. The minimum atomic E-state index is -3.81. The summed E-state index contributed by atoms with van der Waals surface area (Å²) in [5, 5.41) is 2.92. The lowest BCUT2D eigenvalue weighted by molar-refractivity contribution is -0.127. The van der Waals surface area contributed by atoms with Crippen molar-refractivity contribution in [2.45, 2.75) is 36.7 Å². The highest BCUT2D eigenvalue weighted by Crippen LogP contribution is 2.36. The van der Waals surface area contributed by atoms with Gasteiger partial charge in [-0.25, -0.2) is 8.42 Å². The molecule has 0 bridgehead atoms. The lowest BCUT2D eigenvalue weighted by Gasteiger charge is -2.34. The van der Waals surface area contributed by atoms with Crippen molar-refractivity contribution < 1.29 is 17.9 Å². The lowest BCUT2D eigenvalue weighted by atomic mass is 10.1. The van der Waals surface area contributed by atoms with Crippen LogP contribution >= 0.6 is 0 Å².